The Kier molecular flexibility index (Phi) is 6.36. The maximum atomic E-state index is 12.0. The molecule has 1 rings (SSSR count). The Balaban J connectivity index is 2.63. The molecule has 4 nitrogen and oxygen atoms in total. The van der Waals surface area contributed by atoms with Crippen LogP contribution in [-0.2, 0) is 4.79 Å². The molecule has 0 bridgehead atoms. The number of benzene rings is 1. The molecule has 1 unspecified atom stereocenters. The number of hydrogen-bond donors (Lipinski definition) is 2. The van der Waals surface area contributed by atoms with E-state index in [0.29, 0.717) is 6.54 Å². The summed E-state index contributed by atoms with van der Waals surface area (Å²) in [7, 11) is 1.64. The van der Waals surface area contributed by atoms with Crippen molar-refractivity contribution in [3.8, 4) is 5.75 Å². The summed E-state index contributed by atoms with van der Waals surface area (Å²) >= 11 is 0. The van der Waals surface area contributed by atoms with Crippen molar-refractivity contribution in [2.24, 2.45) is 11.7 Å². The van der Waals surface area contributed by atoms with E-state index in [0.717, 1.165) is 24.2 Å². The third-order valence-corrected chi connectivity index (χ3v) is 3.25. The number of nitrogens with one attached hydrogen (secondary N) is 1. The summed E-state index contributed by atoms with van der Waals surface area (Å²) in [6, 6.07) is 7.66. The standard InChI is InChI=1S/C15H24N2O2/c1-11(7-6-10-16)15(18)17-12(2)13-8-4-5-9-14(13)19-3/h4-5,8-9,11-12H,6-7,10,16H2,1-3H3,(H,17,18)/t11?,12-/m0/s1. The van der Waals surface area contributed by atoms with Crippen LogP contribution >= 0.6 is 0 Å². The lowest BCUT2D eigenvalue weighted by molar-refractivity contribution is -0.125. The van der Waals surface area contributed by atoms with E-state index in [2.05, 4.69) is 5.32 Å². The molecule has 0 heterocycles. The fourth-order valence-corrected chi connectivity index (χ4v) is 2.01. The molecule has 0 saturated heterocycles. The van der Waals surface area contributed by atoms with Gasteiger partial charge in [-0.25, -0.2) is 0 Å². The van der Waals surface area contributed by atoms with E-state index in [9.17, 15) is 4.79 Å². The van der Waals surface area contributed by atoms with Gasteiger partial charge in [0, 0.05) is 11.5 Å². The maximum absolute atomic E-state index is 12.0. The predicted octanol–water partition coefficient (Wildman–Crippen LogP) is 2.25. The molecule has 106 valence electrons. The number of carbonyl (C=O) groups excluding carboxylic acids is 1. The van der Waals surface area contributed by atoms with Crippen LogP contribution in [0.2, 0.25) is 0 Å². The second kappa shape index (κ2) is 7.79. The number of para-hydroxylation sites is 1. The molecule has 19 heavy (non-hydrogen) atoms. The molecule has 0 aliphatic carbocycles. The summed E-state index contributed by atoms with van der Waals surface area (Å²) in [5.41, 5.74) is 6.45. The Morgan fingerprint density at radius 1 is 1.37 bits per heavy atom. The average Bonchev–Trinajstić information content (AvgIpc) is 2.44. The van der Waals surface area contributed by atoms with Crippen LogP contribution in [0.5, 0.6) is 5.75 Å². The fraction of sp³-hybridized carbons (Fsp3) is 0.533. The Morgan fingerprint density at radius 2 is 2.05 bits per heavy atom. The average molecular weight is 264 g/mol. The zero-order valence-corrected chi connectivity index (χ0v) is 12.0. The summed E-state index contributed by atoms with van der Waals surface area (Å²) < 4.78 is 5.31. The normalized spacial score (nSPS) is 13.7. The quantitative estimate of drug-likeness (QED) is 0.794. The Bertz CT molecular complexity index is 407. The molecule has 1 amide bonds. The molecule has 0 spiro atoms. The molecular formula is C15H24N2O2. The molecule has 2 atom stereocenters. The van der Waals surface area contributed by atoms with Crippen molar-refractivity contribution in [1.82, 2.24) is 5.32 Å². The van der Waals surface area contributed by atoms with Crippen LogP contribution in [0.3, 0.4) is 0 Å². The van der Waals surface area contributed by atoms with Gasteiger partial charge in [0.05, 0.1) is 13.2 Å². The van der Waals surface area contributed by atoms with Crippen molar-refractivity contribution < 1.29 is 9.53 Å². The van der Waals surface area contributed by atoms with Gasteiger partial charge in [-0.2, -0.15) is 0 Å². The minimum Gasteiger partial charge on any atom is -0.496 e. The van der Waals surface area contributed by atoms with Crippen LogP contribution in [0.4, 0.5) is 0 Å². The molecule has 3 N–H and O–H groups in total. The lowest BCUT2D eigenvalue weighted by Crippen LogP contribution is -2.32. The second-order valence-electron chi connectivity index (χ2n) is 4.80. The van der Waals surface area contributed by atoms with Gasteiger partial charge in [0.2, 0.25) is 5.91 Å². The molecule has 0 fully saturated rings. The van der Waals surface area contributed by atoms with Gasteiger partial charge in [-0.15, -0.1) is 0 Å². The van der Waals surface area contributed by atoms with Gasteiger partial charge in [0.15, 0.2) is 0 Å². The zero-order valence-electron chi connectivity index (χ0n) is 12.0. The van der Waals surface area contributed by atoms with E-state index >= 15 is 0 Å². The van der Waals surface area contributed by atoms with Crippen molar-refractivity contribution in [2.75, 3.05) is 13.7 Å². The zero-order chi connectivity index (χ0) is 14.3. The minimum atomic E-state index is -0.0658. The Morgan fingerprint density at radius 3 is 2.68 bits per heavy atom. The van der Waals surface area contributed by atoms with E-state index in [1.54, 1.807) is 7.11 Å². The lowest BCUT2D eigenvalue weighted by Gasteiger charge is -2.19. The summed E-state index contributed by atoms with van der Waals surface area (Å²) in [6.07, 6.45) is 1.69. The van der Waals surface area contributed by atoms with Crippen molar-refractivity contribution in [2.45, 2.75) is 32.7 Å². The van der Waals surface area contributed by atoms with Crippen molar-refractivity contribution >= 4 is 5.91 Å². The number of nitrogens with two attached hydrogens (primary N) is 1. The van der Waals surface area contributed by atoms with Crippen LogP contribution in [0.25, 0.3) is 0 Å². The minimum absolute atomic E-state index is 0.0132. The summed E-state index contributed by atoms with van der Waals surface area (Å²) in [4.78, 5) is 12.0. The van der Waals surface area contributed by atoms with Crippen LogP contribution in [0.1, 0.15) is 38.3 Å². The highest BCUT2D eigenvalue weighted by Gasteiger charge is 2.17. The van der Waals surface area contributed by atoms with Gasteiger partial charge in [0.25, 0.3) is 0 Å². The maximum Gasteiger partial charge on any atom is 0.223 e. The molecular weight excluding hydrogens is 240 g/mol. The number of ether oxygens (including phenoxy) is 1. The van der Waals surface area contributed by atoms with Crippen LogP contribution in [0.15, 0.2) is 24.3 Å². The van der Waals surface area contributed by atoms with Gasteiger partial charge in [-0.1, -0.05) is 25.1 Å². The van der Waals surface area contributed by atoms with Crippen LogP contribution in [0, 0.1) is 5.92 Å². The Labute approximate surface area is 115 Å². The number of hydrogen-bond acceptors (Lipinski definition) is 3. The van der Waals surface area contributed by atoms with Gasteiger partial charge >= 0.3 is 0 Å². The first kappa shape index (κ1) is 15.5. The van der Waals surface area contributed by atoms with Crippen molar-refractivity contribution in [1.29, 1.82) is 0 Å². The van der Waals surface area contributed by atoms with Gasteiger partial charge < -0.3 is 15.8 Å². The summed E-state index contributed by atoms with van der Waals surface area (Å²) in [5, 5.41) is 3.02. The van der Waals surface area contributed by atoms with Crippen molar-refractivity contribution in [3.63, 3.8) is 0 Å². The largest absolute Gasteiger partial charge is 0.496 e. The molecule has 4 heteroatoms. The first-order valence-electron chi connectivity index (χ1n) is 6.73. The molecule has 1 aromatic carbocycles. The van der Waals surface area contributed by atoms with Crippen LogP contribution in [-0.4, -0.2) is 19.6 Å². The molecule has 0 saturated carbocycles. The van der Waals surface area contributed by atoms with E-state index in [1.807, 2.05) is 38.1 Å². The number of rotatable bonds is 7. The highest BCUT2D eigenvalue weighted by Crippen LogP contribution is 2.24. The van der Waals surface area contributed by atoms with Gasteiger partial charge in [-0.3, -0.25) is 4.79 Å². The van der Waals surface area contributed by atoms with E-state index < -0.39 is 0 Å². The van der Waals surface area contributed by atoms with E-state index in [-0.39, 0.29) is 17.9 Å². The highest BCUT2D eigenvalue weighted by atomic mass is 16.5. The lowest BCUT2D eigenvalue weighted by atomic mass is 10.0. The highest BCUT2D eigenvalue weighted by molar-refractivity contribution is 5.78. The molecule has 1 aromatic rings. The Hall–Kier alpha value is -1.55. The molecule has 0 aliphatic heterocycles. The molecule has 0 radical (unpaired) electrons. The number of carbonyl (C=O) groups is 1. The molecule has 0 aliphatic rings. The van der Waals surface area contributed by atoms with E-state index in [4.69, 9.17) is 10.5 Å². The third-order valence-electron chi connectivity index (χ3n) is 3.25. The second-order valence-corrected chi connectivity index (χ2v) is 4.80. The predicted molar refractivity (Wildman–Crippen MR) is 77.0 cm³/mol. The smallest absolute Gasteiger partial charge is 0.223 e. The summed E-state index contributed by atoms with van der Waals surface area (Å²) in [5.74, 6) is 0.845. The van der Waals surface area contributed by atoms with Gasteiger partial charge in [-0.05, 0) is 32.4 Å². The monoisotopic (exact) mass is 264 g/mol. The van der Waals surface area contributed by atoms with Gasteiger partial charge in [0.1, 0.15) is 5.75 Å². The van der Waals surface area contributed by atoms with E-state index in [1.165, 1.54) is 0 Å². The SMILES string of the molecule is COc1ccccc1[C@H](C)NC(=O)C(C)CCCN. The molecule has 0 aromatic heterocycles. The summed E-state index contributed by atoms with van der Waals surface area (Å²) in [6.45, 7) is 4.52. The van der Waals surface area contributed by atoms with Crippen LogP contribution < -0.4 is 15.8 Å². The third kappa shape index (κ3) is 4.56. The first-order chi connectivity index (χ1) is 9.10. The van der Waals surface area contributed by atoms with Crippen molar-refractivity contribution in [3.05, 3.63) is 29.8 Å². The fourth-order valence-electron chi connectivity index (χ4n) is 2.01. The number of methoxy groups -OCH3 is 1. The first-order valence-corrected chi connectivity index (χ1v) is 6.73. The number of amides is 1. The topological polar surface area (TPSA) is 64.3 Å².